The number of nitrogens with one attached hydrogen (secondary N) is 1. The largest absolute Gasteiger partial charge is 0.319 e. The molecule has 0 spiro atoms. The maximum absolute atomic E-state index is 12.4. The Bertz CT molecular complexity index is 852. The summed E-state index contributed by atoms with van der Waals surface area (Å²) < 4.78 is 1.77. The van der Waals surface area contributed by atoms with Gasteiger partial charge in [0.25, 0.3) is 5.91 Å². The van der Waals surface area contributed by atoms with Crippen LogP contribution in [0, 0.1) is 20.8 Å². The predicted octanol–water partition coefficient (Wildman–Crippen LogP) is 2.84. The smallest absolute Gasteiger partial charge is 0.256 e. The fourth-order valence-corrected chi connectivity index (χ4v) is 2.28. The van der Waals surface area contributed by atoms with Gasteiger partial charge < -0.3 is 5.32 Å². The summed E-state index contributed by atoms with van der Waals surface area (Å²) in [6.07, 6.45) is 6.66. The van der Waals surface area contributed by atoms with Crippen molar-refractivity contribution in [2.45, 2.75) is 20.8 Å². The molecule has 0 radical (unpaired) electrons. The number of benzene rings is 1. The third-order valence-electron chi connectivity index (χ3n) is 3.57. The number of amides is 1. The number of aryl methyl sites for hydroxylation is 3. The molecule has 0 aliphatic rings. The van der Waals surface area contributed by atoms with Crippen molar-refractivity contribution >= 4 is 11.6 Å². The van der Waals surface area contributed by atoms with Crippen molar-refractivity contribution in [3.05, 3.63) is 65.5 Å². The number of carbonyl (C=O) groups excluding carboxylic acids is 1. The first kappa shape index (κ1) is 14.9. The molecule has 0 aliphatic heterocycles. The maximum Gasteiger partial charge on any atom is 0.256 e. The quantitative estimate of drug-likeness (QED) is 0.807. The normalized spacial score (nSPS) is 10.6. The van der Waals surface area contributed by atoms with Crippen LogP contribution >= 0.6 is 0 Å². The number of nitrogens with zero attached hydrogens (tertiary/aromatic N) is 4. The van der Waals surface area contributed by atoms with E-state index in [1.807, 2.05) is 39.0 Å². The number of hydrogen-bond donors (Lipinski definition) is 1. The Labute approximate surface area is 134 Å². The second-order valence-electron chi connectivity index (χ2n) is 5.39. The van der Waals surface area contributed by atoms with Crippen molar-refractivity contribution in [3.8, 4) is 5.95 Å². The topological polar surface area (TPSA) is 72.7 Å². The van der Waals surface area contributed by atoms with Crippen LogP contribution < -0.4 is 5.32 Å². The van der Waals surface area contributed by atoms with Gasteiger partial charge in [0.05, 0.1) is 18.1 Å². The number of hydrogen-bond acceptors (Lipinski definition) is 4. The highest BCUT2D eigenvalue weighted by Crippen LogP contribution is 2.14. The van der Waals surface area contributed by atoms with Crippen LogP contribution in [0.25, 0.3) is 5.95 Å². The minimum Gasteiger partial charge on any atom is -0.319 e. The van der Waals surface area contributed by atoms with E-state index in [4.69, 9.17) is 0 Å². The summed E-state index contributed by atoms with van der Waals surface area (Å²) in [5, 5.41) is 2.82. The number of anilines is 1. The molecule has 0 atom stereocenters. The lowest BCUT2D eigenvalue weighted by Gasteiger charge is -2.09. The molecule has 116 valence electrons. The van der Waals surface area contributed by atoms with E-state index in [-0.39, 0.29) is 5.91 Å². The SMILES string of the molecule is Cc1ccc(C)c(C(=O)Nc2cnc(-n3ccnc3C)nc2)c1. The lowest BCUT2D eigenvalue weighted by atomic mass is 10.1. The lowest BCUT2D eigenvalue weighted by Crippen LogP contribution is -2.14. The van der Waals surface area contributed by atoms with Crippen LogP contribution in [0.4, 0.5) is 5.69 Å². The van der Waals surface area contributed by atoms with Crippen molar-refractivity contribution in [2.24, 2.45) is 0 Å². The minimum absolute atomic E-state index is 0.165. The molecule has 2 heterocycles. The molecule has 2 aromatic heterocycles. The molecule has 1 aromatic carbocycles. The van der Waals surface area contributed by atoms with E-state index in [1.54, 1.807) is 29.4 Å². The second kappa shape index (κ2) is 6.00. The molecule has 3 rings (SSSR count). The average Bonchev–Trinajstić information content (AvgIpc) is 2.96. The van der Waals surface area contributed by atoms with E-state index in [2.05, 4.69) is 20.3 Å². The van der Waals surface area contributed by atoms with E-state index >= 15 is 0 Å². The molecule has 6 nitrogen and oxygen atoms in total. The van der Waals surface area contributed by atoms with E-state index < -0.39 is 0 Å². The first-order chi connectivity index (χ1) is 11.0. The Morgan fingerprint density at radius 3 is 2.48 bits per heavy atom. The molecule has 1 amide bonds. The summed E-state index contributed by atoms with van der Waals surface area (Å²) in [4.78, 5) is 25.0. The minimum atomic E-state index is -0.165. The van der Waals surface area contributed by atoms with Gasteiger partial charge in [-0.3, -0.25) is 9.36 Å². The highest BCUT2D eigenvalue weighted by Gasteiger charge is 2.10. The van der Waals surface area contributed by atoms with Crippen LogP contribution in [0.1, 0.15) is 27.3 Å². The average molecular weight is 307 g/mol. The summed E-state index contributed by atoms with van der Waals surface area (Å²) >= 11 is 0. The van der Waals surface area contributed by atoms with Crippen LogP contribution in [0.2, 0.25) is 0 Å². The van der Waals surface area contributed by atoms with Gasteiger partial charge in [0, 0.05) is 18.0 Å². The van der Waals surface area contributed by atoms with Crippen LogP contribution in [0.15, 0.2) is 43.0 Å². The molecule has 0 saturated heterocycles. The number of aromatic nitrogens is 4. The third kappa shape index (κ3) is 3.11. The van der Waals surface area contributed by atoms with Crippen LogP contribution in [-0.2, 0) is 0 Å². The Morgan fingerprint density at radius 2 is 1.83 bits per heavy atom. The van der Waals surface area contributed by atoms with Crippen LogP contribution in [0.3, 0.4) is 0 Å². The highest BCUT2D eigenvalue weighted by atomic mass is 16.1. The zero-order valence-corrected chi connectivity index (χ0v) is 13.2. The zero-order chi connectivity index (χ0) is 16.4. The molecule has 1 N–H and O–H groups in total. The maximum atomic E-state index is 12.4. The molecule has 0 bridgehead atoms. The number of carbonyl (C=O) groups is 1. The fraction of sp³-hybridized carbons (Fsp3) is 0.176. The van der Waals surface area contributed by atoms with Gasteiger partial charge in [-0.1, -0.05) is 17.7 Å². The van der Waals surface area contributed by atoms with Crippen molar-refractivity contribution < 1.29 is 4.79 Å². The molecular formula is C17H17N5O. The fourth-order valence-electron chi connectivity index (χ4n) is 2.28. The van der Waals surface area contributed by atoms with Crippen molar-refractivity contribution in [2.75, 3.05) is 5.32 Å². The van der Waals surface area contributed by atoms with Crippen molar-refractivity contribution in [1.82, 2.24) is 19.5 Å². The van der Waals surface area contributed by atoms with E-state index in [0.717, 1.165) is 17.0 Å². The second-order valence-corrected chi connectivity index (χ2v) is 5.39. The summed E-state index contributed by atoms with van der Waals surface area (Å²) in [6.45, 7) is 5.75. The Morgan fingerprint density at radius 1 is 1.09 bits per heavy atom. The van der Waals surface area contributed by atoms with Gasteiger partial charge in [0.15, 0.2) is 0 Å². The zero-order valence-electron chi connectivity index (χ0n) is 13.2. The lowest BCUT2D eigenvalue weighted by molar-refractivity contribution is 0.102. The number of rotatable bonds is 3. The van der Waals surface area contributed by atoms with Gasteiger partial charge in [0.2, 0.25) is 5.95 Å². The van der Waals surface area contributed by atoms with Gasteiger partial charge in [-0.25, -0.2) is 15.0 Å². The Balaban J connectivity index is 1.79. The monoisotopic (exact) mass is 307 g/mol. The van der Waals surface area contributed by atoms with Gasteiger partial charge >= 0.3 is 0 Å². The van der Waals surface area contributed by atoms with Crippen molar-refractivity contribution in [1.29, 1.82) is 0 Å². The Kier molecular flexibility index (Phi) is 3.89. The van der Waals surface area contributed by atoms with E-state index in [9.17, 15) is 4.79 Å². The predicted molar refractivity (Wildman–Crippen MR) is 87.8 cm³/mol. The summed E-state index contributed by atoms with van der Waals surface area (Å²) in [6, 6.07) is 5.79. The molecule has 6 heteroatoms. The first-order valence-electron chi connectivity index (χ1n) is 7.25. The molecule has 3 aromatic rings. The first-order valence-corrected chi connectivity index (χ1v) is 7.25. The highest BCUT2D eigenvalue weighted by molar-refractivity contribution is 6.05. The summed E-state index contributed by atoms with van der Waals surface area (Å²) in [5.74, 6) is 1.16. The molecule has 23 heavy (non-hydrogen) atoms. The molecule has 0 unspecified atom stereocenters. The summed E-state index contributed by atoms with van der Waals surface area (Å²) in [7, 11) is 0. The standard InChI is InChI=1S/C17H17N5O/c1-11-4-5-12(2)15(8-11)16(23)21-14-9-19-17(20-10-14)22-7-6-18-13(22)3/h4-10H,1-3H3,(H,21,23). The van der Waals surface area contributed by atoms with Crippen molar-refractivity contribution in [3.63, 3.8) is 0 Å². The van der Waals surface area contributed by atoms with Crippen LogP contribution in [-0.4, -0.2) is 25.4 Å². The molecule has 0 aliphatic carbocycles. The van der Waals surface area contributed by atoms with E-state index in [1.165, 1.54) is 0 Å². The third-order valence-corrected chi connectivity index (χ3v) is 3.57. The number of imidazole rings is 1. The van der Waals surface area contributed by atoms with Crippen LogP contribution in [0.5, 0.6) is 0 Å². The summed E-state index contributed by atoms with van der Waals surface area (Å²) in [5.41, 5.74) is 3.18. The Hall–Kier alpha value is -3.02. The van der Waals surface area contributed by atoms with Gasteiger partial charge in [-0.15, -0.1) is 0 Å². The van der Waals surface area contributed by atoms with Gasteiger partial charge in [-0.05, 0) is 32.4 Å². The van der Waals surface area contributed by atoms with Gasteiger partial charge in [-0.2, -0.15) is 0 Å². The molecule has 0 saturated carbocycles. The molecule has 0 fully saturated rings. The molecular weight excluding hydrogens is 290 g/mol. The van der Waals surface area contributed by atoms with Gasteiger partial charge in [0.1, 0.15) is 5.82 Å². The van der Waals surface area contributed by atoms with E-state index in [0.29, 0.717) is 17.2 Å².